The van der Waals surface area contributed by atoms with Crippen molar-refractivity contribution in [2.75, 3.05) is 11.9 Å². The Morgan fingerprint density at radius 2 is 2.00 bits per heavy atom. The summed E-state index contributed by atoms with van der Waals surface area (Å²) in [6.45, 7) is 1.74. The first-order chi connectivity index (χ1) is 16.5. The van der Waals surface area contributed by atoms with Crippen molar-refractivity contribution >= 4 is 40.1 Å². The molecule has 3 amide bonds. The van der Waals surface area contributed by atoms with Crippen LogP contribution in [-0.4, -0.2) is 40.7 Å². The van der Waals surface area contributed by atoms with Crippen LogP contribution in [0.5, 0.6) is 0 Å². The van der Waals surface area contributed by atoms with Crippen molar-refractivity contribution < 1.29 is 27.9 Å². The van der Waals surface area contributed by atoms with Crippen LogP contribution in [0.2, 0.25) is 5.02 Å². The normalized spacial score (nSPS) is 16.5. The number of hydrogen-bond donors (Lipinski definition) is 5. The number of H-pyrrole nitrogens is 1. The molecule has 1 aliphatic carbocycles. The van der Waals surface area contributed by atoms with Gasteiger partial charge >= 0.3 is 12.2 Å². The number of aliphatic hydroxyl groups is 1. The van der Waals surface area contributed by atoms with E-state index in [4.69, 9.17) is 11.6 Å². The third kappa shape index (κ3) is 5.71. The van der Waals surface area contributed by atoms with E-state index in [1.807, 2.05) is 6.07 Å². The number of rotatable bonds is 5. The van der Waals surface area contributed by atoms with Crippen LogP contribution < -0.4 is 16.0 Å². The highest BCUT2D eigenvalue weighted by molar-refractivity contribution is 6.31. The Bertz CT molecular complexity index is 1270. The predicted molar refractivity (Wildman–Crippen MR) is 127 cm³/mol. The molecule has 0 bridgehead atoms. The average molecular weight is 509 g/mol. The molecule has 3 aromatic rings. The Morgan fingerprint density at radius 1 is 1.23 bits per heavy atom. The molecule has 7 nitrogen and oxygen atoms in total. The number of aromatic amines is 1. The van der Waals surface area contributed by atoms with Gasteiger partial charge in [-0.1, -0.05) is 17.7 Å². The molecule has 5 N–H and O–H groups in total. The molecular formula is C24H24ClF3N4O3. The number of carbonyl (C=O) groups excluding carboxylic acids is 2. The van der Waals surface area contributed by atoms with Crippen LogP contribution in [0.4, 0.5) is 23.7 Å². The fraction of sp³-hybridized carbons (Fsp3) is 0.333. The van der Waals surface area contributed by atoms with Gasteiger partial charge in [-0.2, -0.15) is 13.2 Å². The zero-order valence-corrected chi connectivity index (χ0v) is 19.5. The van der Waals surface area contributed by atoms with Crippen molar-refractivity contribution in [2.24, 2.45) is 0 Å². The Hall–Kier alpha value is -3.24. The van der Waals surface area contributed by atoms with Crippen molar-refractivity contribution in [1.29, 1.82) is 0 Å². The van der Waals surface area contributed by atoms with Crippen LogP contribution in [0, 0.1) is 0 Å². The van der Waals surface area contributed by atoms with Crippen LogP contribution in [0.3, 0.4) is 0 Å². The largest absolute Gasteiger partial charge is 0.417 e. The third-order valence-electron chi connectivity index (χ3n) is 5.87. The van der Waals surface area contributed by atoms with E-state index in [0.29, 0.717) is 24.8 Å². The van der Waals surface area contributed by atoms with E-state index in [1.165, 1.54) is 6.07 Å². The first kappa shape index (κ1) is 24.9. The highest BCUT2D eigenvalue weighted by atomic mass is 35.5. The monoisotopic (exact) mass is 508 g/mol. The van der Waals surface area contributed by atoms with Crippen LogP contribution in [0.15, 0.2) is 36.4 Å². The summed E-state index contributed by atoms with van der Waals surface area (Å²) in [5.41, 5.74) is 2.28. The molecule has 1 aliphatic rings. The van der Waals surface area contributed by atoms with Gasteiger partial charge in [0, 0.05) is 40.4 Å². The van der Waals surface area contributed by atoms with Gasteiger partial charge in [0.05, 0.1) is 16.7 Å². The molecule has 35 heavy (non-hydrogen) atoms. The van der Waals surface area contributed by atoms with E-state index in [0.717, 1.165) is 34.3 Å². The molecule has 186 valence electrons. The number of fused-ring (bicyclic) bond motifs is 3. The fourth-order valence-corrected chi connectivity index (χ4v) is 4.43. The molecule has 2 unspecified atom stereocenters. The lowest BCUT2D eigenvalue weighted by Crippen LogP contribution is -2.41. The van der Waals surface area contributed by atoms with E-state index >= 15 is 0 Å². The summed E-state index contributed by atoms with van der Waals surface area (Å²) in [4.78, 5) is 28.1. The van der Waals surface area contributed by atoms with Gasteiger partial charge in [-0.25, -0.2) is 4.79 Å². The van der Waals surface area contributed by atoms with E-state index < -0.39 is 28.9 Å². The van der Waals surface area contributed by atoms with Crippen molar-refractivity contribution in [1.82, 2.24) is 15.6 Å². The number of alkyl halides is 3. The molecule has 11 heteroatoms. The van der Waals surface area contributed by atoms with Crippen LogP contribution in [-0.2, 0) is 19.0 Å². The van der Waals surface area contributed by atoms with E-state index in [9.17, 15) is 27.9 Å². The number of aromatic nitrogens is 1. The molecule has 0 saturated heterocycles. The Kier molecular flexibility index (Phi) is 6.95. The standard InChI is InChI=1S/C24H24ClF3N4O3/c1-12(33)11-29-22(34)13-2-5-16-17-9-14(4-7-20(17)32-21(16)8-13)30-23(35)31-15-3-6-19(25)18(10-15)24(26,27)28/h2-3,5-6,8,10,12,14,32-33H,4,7,9,11H2,1H3,(H,29,34)(H2,30,31,35). The van der Waals surface area contributed by atoms with Gasteiger partial charge in [0.1, 0.15) is 0 Å². The highest BCUT2D eigenvalue weighted by Gasteiger charge is 2.33. The topological polar surface area (TPSA) is 106 Å². The number of anilines is 1. The lowest BCUT2D eigenvalue weighted by atomic mass is 9.91. The van der Waals surface area contributed by atoms with Gasteiger partial charge in [0.2, 0.25) is 0 Å². The molecule has 0 fully saturated rings. The molecule has 1 heterocycles. The number of halogens is 4. The first-order valence-corrected chi connectivity index (χ1v) is 11.4. The van der Waals surface area contributed by atoms with Crippen molar-refractivity contribution in [3.05, 3.63) is 63.8 Å². The van der Waals surface area contributed by atoms with Gasteiger partial charge in [0.15, 0.2) is 0 Å². The van der Waals surface area contributed by atoms with Crippen LogP contribution in [0.1, 0.15) is 40.5 Å². The molecule has 2 aromatic carbocycles. The summed E-state index contributed by atoms with van der Waals surface area (Å²) in [5.74, 6) is -0.285. The van der Waals surface area contributed by atoms with Crippen molar-refractivity contribution in [3.8, 4) is 0 Å². The highest BCUT2D eigenvalue weighted by Crippen LogP contribution is 2.36. The molecule has 2 atom stereocenters. The van der Waals surface area contributed by atoms with Crippen LogP contribution >= 0.6 is 11.6 Å². The molecule has 4 rings (SSSR count). The maximum Gasteiger partial charge on any atom is 0.417 e. The van der Waals surface area contributed by atoms with Gasteiger partial charge in [-0.15, -0.1) is 0 Å². The lowest BCUT2D eigenvalue weighted by Gasteiger charge is -2.24. The molecule has 0 aliphatic heterocycles. The van der Waals surface area contributed by atoms with Gasteiger partial charge in [0.25, 0.3) is 5.91 Å². The number of benzene rings is 2. The number of carbonyl (C=O) groups is 2. The number of nitrogens with one attached hydrogen (secondary N) is 4. The Morgan fingerprint density at radius 3 is 2.71 bits per heavy atom. The van der Waals surface area contributed by atoms with E-state index in [-0.39, 0.29) is 24.2 Å². The Balaban J connectivity index is 1.43. The quantitative estimate of drug-likeness (QED) is 0.347. The summed E-state index contributed by atoms with van der Waals surface area (Å²) in [5, 5.41) is 17.8. The summed E-state index contributed by atoms with van der Waals surface area (Å²) in [6, 6.07) is 7.68. The second kappa shape index (κ2) is 9.79. The zero-order valence-electron chi connectivity index (χ0n) is 18.7. The SMILES string of the molecule is CC(O)CNC(=O)c1ccc2c3c([nH]c2c1)CCC(NC(=O)Nc1ccc(Cl)c(C(F)(F)F)c1)C3. The number of aliphatic hydroxyl groups excluding tert-OH is 1. The maximum absolute atomic E-state index is 13.1. The van der Waals surface area contributed by atoms with Gasteiger partial charge in [-0.3, -0.25) is 4.79 Å². The summed E-state index contributed by atoms with van der Waals surface area (Å²) >= 11 is 5.63. The summed E-state index contributed by atoms with van der Waals surface area (Å²) < 4.78 is 39.2. The molecule has 0 saturated carbocycles. The second-order valence-corrected chi connectivity index (χ2v) is 9.04. The Labute approximate surface area is 204 Å². The molecule has 0 spiro atoms. The van der Waals surface area contributed by atoms with Gasteiger partial charge in [-0.05, 0) is 62.1 Å². The average Bonchev–Trinajstić information content (AvgIpc) is 3.15. The number of hydrogen-bond acceptors (Lipinski definition) is 3. The zero-order chi connectivity index (χ0) is 25.3. The minimum Gasteiger partial charge on any atom is -0.392 e. The van der Waals surface area contributed by atoms with E-state index in [1.54, 1.807) is 19.1 Å². The minimum atomic E-state index is -4.63. The van der Waals surface area contributed by atoms with Crippen molar-refractivity contribution in [3.63, 3.8) is 0 Å². The molecule has 0 radical (unpaired) electrons. The fourth-order valence-electron chi connectivity index (χ4n) is 4.20. The molecule has 1 aromatic heterocycles. The summed E-state index contributed by atoms with van der Waals surface area (Å²) in [7, 11) is 0. The van der Waals surface area contributed by atoms with Crippen LogP contribution in [0.25, 0.3) is 10.9 Å². The minimum absolute atomic E-state index is 0.00999. The predicted octanol–water partition coefficient (Wildman–Crippen LogP) is 4.63. The van der Waals surface area contributed by atoms with E-state index in [2.05, 4.69) is 20.9 Å². The van der Waals surface area contributed by atoms with Crippen molar-refractivity contribution in [2.45, 2.75) is 44.5 Å². The maximum atomic E-state index is 13.1. The smallest absolute Gasteiger partial charge is 0.392 e. The summed E-state index contributed by atoms with van der Waals surface area (Å²) in [6.07, 6.45) is -3.43. The number of urea groups is 1. The van der Waals surface area contributed by atoms with Gasteiger partial charge < -0.3 is 26.0 Å². The second-order valence-electron chi connectivity index (χ2n) is 8.63. The number of amides is 3. The number of aryl methyl sites for hydroxylation is 1. The third-order valence-corrected chi connectivity index (χ3v) is 6.20. The molecular weight excluding hydrogens is 485 g/mol. The first-order valence-electron chi connectivity index (χ1n) is 11.0. The lowest BCUT2D eigenvalue weighted by molar-refractivity contribution is -0.137.